The first-order valence-electron chi connectivity index (χ1n) is 5.97. The van der Waals surface area contributed by atoms with Crippen LogP contribution in [-0.4, -0.2) is 52.7 Å². The maximum Gasteiger partial charge on any atom is 0.490 e. The Morgan fingerprint density at radius 1 is 1.14 bits per heavy atom. The SMILES string of the molecule is B[C@H]1C[C@@H](CN)C(COP(=O)(O)OP(=O)(O)OP(=O)(O)O)O1. The van der Waals surface area contributed by atoms with Gasteiger partial charge in [-0.15, -0.1) is 0 Å². The molecule has 22 heavy (non-hydrogen) atoms. The molecule has 1 rings (SSSR count). The minimum Gasteiger partial charge on any atom is -0.381 e. The van der Waals surface area contributed by atoms with Gasteiger partial charge in [-0.3, -0.25) is 4.52 Å². The van der Waals surface area contributed by atoms with Crippen molar-refractivity contribution >= 4 is 31.3 Å². The highest BCUT2D eigenvalue weighted by molar-refractivity contribution is 7.66. The van der Waals surface area contributed by atoms with Gasteiger partial charge >= 0.3 is 23.5 Å². The topological polar surface area (TPSA) is 195 Å². The molecule has 5 atom stereocenters. The molecule has 12 nitrogen and oxygen atoms in total. The average molecular weight is 383 g/mol. The Labute approximate surface area is 126 Å². The first kappa shape index (κ1) is 20.4. The van der Waals surface area contributed by atoms with Gasteiger partial charge in [0.15, 0.2) is 0 Å². The van der Waals surface area contributed by atoms with Crippen LogP contribution >= 0.6 is 23.5 Å². The summed E-state index contributed by atoms with van der Waals surface area (Å²) < 4.78 is 50.1. The number of hydrogen-bond acceptors (Lipinski definition) is 8. The molecule has 0 saturated carbocycles. The lowest BCUT2D eigenvalue weighted by Crippen LogP contribution is -2.27. The minimum atomic E-state index is -5.50. The summed E-state index contributed by atoms with van der Waals surface area (Å²) in [5, 5.41) is 0. The summed E-state index contributed by atoms with van der Waals surface area (Å²) in [6.07, 6.45) is -0.00848. The first-order valence-corrected chi connectivity index (χ1v) is 10.5. The predicted octanol–water partition coefficient (Wildman–Crippen LogP) is -1.35. The highest BCUT2D eigenvalue weighted by Gasteiger charge is 2.42. The van der Waals surface area contributed by atoms with Crippen molar-refractivity contribution in [1.29, 1.82) is 0 Å². The van der Waals surface area contributed by atoms with Gasteiger partial charge in [-0.2, -0.15) is 8.62 Å². The molecular formula is C6H17BNO11P3. The molecule has 1 aliphatic rings. The average Bonchev–Trinajstić information content (AvgIpc) is 2.62. The van der Waals surface area contributed by atoms with Gasteiger partial charge in [0.2, 0.25) is 0 Å². The van der Waals surface area contributed by atoms with E-state index in [1.54, 1.807) is 7.85 Å². The van der Waals surface area contributed by atoms with E-state index in [-0.39, 0.29) is 18.5 Å². The zero-order valence-corrected chi connectivity index (χ0v) is 14.1. The Balaban J connectivity index is 2.59. The third-order valence-electron chi connectivity index (χ3n) is 2.69. The van der Waals surface area contributed by atoms with E-state index in [0.717, 1.165) is 0 Å². The Kier molecular flexibility index (Phi) is 6.99. The zero-order valence-electron chi connectivity index (χ0n) is 11.4. The van der Waals surface area contributed by atoms with E-state index in [4.69, 9.17) is 25.2 Å². The molecule has 1 aliphatic heterocycles. The summed E-state index contributed by atoms with van der Waals surface area (Å²) in [7, 11) is -14.2. The Morgan fingerprint density at radius 2 is 1.73 bits per heavy atom. The lowest BCUT2D eigenvalue weighted by atomic mass is 9.91. The molecule has 0 aromatic carbocycles. The summed E-state index contributed by atoms with van der Waals surface area (Å²) in [5.41, 5.74) is 5.51. The molecular weight excluding hydrogens is 366 g/mol. The number of rotatable bonds is 8. The van der Waals surface area contributed by atoms with Crippen LogP contribution in [0.4, 0.5) is 0 Å². The van der Waals surface area contributed by atoms with Gasteiger partial charge in [-0.25, -0.2) is 13.7 Å². The largest absolute Gasteiger partial charge is 0.490 e. The van der Waals surface area contributed by atoms with Gasteiger partial charge < -0.3 is 30.0 Å². The van der Waals surface area contributed by atoms with E-state index >= 15 is 0 Å². The summed E-state index contributed by atoms with van der Waals surface area (Å²) in [6.45, 7) is -0.218. The fourth-order valence-corrected chi connectivity index (χ4v) is 4.97. The van der Waals surface area contributed by atoms with Crippen molar-refractivity contribution in [3.05, 3.63) is 0 Å². The van der Waals surface area contributed by atoms with Gasteiger partial charge in [0.05, 0.1) is 12.7 Å². The third-order valence-corrected chi connectivity index (χ3v) is 6.49. The van der Waals surface area contributed by atoms with Crippen LogP contribution in [0, 0.1) is 5.92 Å². The molecule has 1 saturated heterocycles. The Hall–Kier alpha value is 0.395. The fraction of sp³-hybridized carbons (Fsp3) is 1.00. The van der Waals surface area contributed by atoms with Crippen molar-refractivity contribution < 1.29 is 51.2 Å². The third kappa shape index (κ3) is 7.31. The summed E-state index contributed by atoms with van der Waals surface area (Å²) >= 11 is 0. The second-order valence-corrected chi connectivity index (χ2v) is 9.02. The van der Waals surface area contributed by atoms with Crippen molar-refractivity contribution in [3.63, 3.8) is 0 Å². The standard InChI is InChI=1S/C6H17BNO11P3/c7-6-1-4(2-8)5(17-6)3-16-21(12,13)19-22(14,15)18-20(9,10)11/h4-6H,1-3,7-8H2,(H,12,13)(H,14,15)(H2,9,10,11)/t4-,5?,6+/m0/s1. The van der Waals surface area contributed by atoms with Crippen LogP contribution in [0.3, 0.4) is 0 Å². The number of phosphoric ester groups is 1. The van der Waals surface area contributed by atoms with Gasteiger partial charge in [-0.05, 0) is 13.0 Å². The molecule has 130 valence electrons. The molecule has 0 spiro atoms. The molecule has 1 fully saturated rings. The van der Waals surface area contributed by atoms with Gasteiger partial charge in [-0.1, -0.05) is 0 Å². The molecule has 0 aromatic heterocycles. The number of hydrogen-bond donors (Lipinski definition) is 5. The van der Waals surface area contributed by atoms with Gasteiger partial charge in [0.1, 0.15) is 7.85 Å². The number of nitrogens with two attached hydrogens (primary N) is 1. The molecule has 0 amide bonds. The molecule has 0 aliphatic carbocycles. The van der Waals surface area contributed by atoms with Gasteiger partial charge in [0, 0.05) is 11.9 Å². The lowest BCUT2D eigenvalue weighted by molar-refractivity contribution is 0.0258. The van der Waals surface area contributed by atoms with Crippen LogP contribution in [0.2, 0.25) is 0 Å². The molecule has 1 heterocycles. The van der Waals surface area contributed by atoms with Crippen molar-refractivity contribution in [2.75, 3.05) is 13.2 Å². The van der Waals surface area contributed by atoms with Crippen LogP contribution in [0.1, 0.15) is 6.42 Å². The maximum absolute atomic E-state index is 11.5. The van der Waals surface area contributed by atoms with Crippen molar-refractivity contribution in [2.24, 2.45) is 11.7 Å². The van der Waals surface area contributed by atoms with Crippen molar-refractivity contribution in [1.82, 2.24) is 0 Å². The monoisotopic (exact) mass is 383 g/mol. The Bertz CT molecular complexity index is 524. The quantitative estimate of drug-likeness (QED) is 0.245. The van der Waals surface area contributed by atoms with E-state index in [1.165, 1.54) is 0 Å². The second kappa shape index (κ2) is 7.52. The smallest absolute Gasteiger partial charge is 0.381 e. The van der Waals surface area contributed by atoms with Crippen LogP contribution in [0.25, 0.3) is 0 Å². The molecule has 0 bridgehead atoms. The van der Waals surface area contributed by atoms with Crippen LogP contribution < -0.4 is 5.73 Å². The van der Waals surface area contributed by atoms with E-state index < -0.39 is 36.2 Å². The normalized spacial score (nSPS) is 31.6. The zero-order chi connectivity index (χ0) is 17.2. The molecule has 0 radical (unpaired) electrons. The minimum absolute atomic E-state index is 0.136. The maximum atomic E-state index is 11.5. The number of phosphoric acid groups is 3. The summed E-state index contributed by atoms with van der Waals surface area (Å²) in [5.74, 6) is -0.137. The Morgan fingerprint density at radius 3 is 2.23 bits per heavy atom. The fourth-order valence-electron chi connectivity index (χ4n) is 1.94. The predicted molar refractivity (Wildman–Crippen MR) is 74.2 cm³/mol. The summed E-state index contributed by atoms with van der Waals surface area (Å²) in [6, 6.07) is -0.136. The van der Waals surface area contributed by atoms with Crippen molar-refractivity contribution in [2.45, 2.75) is 18.5 Å². The molecule has 6 N–H and O–H groups in total. The second-order valence-electron chi connectivity index (χ2n) is 4.60. The van der Waals surface area contributed by atoms with E-state index in [9.17, 15) is 18.6 Å². The number of ether oxygens (including phenoxy) is 1. The van der Waals surface area contributed by atoms with E-state index in [1.807, 2.05) is 0 Å². The highest BCUT2D eigenvalue weighted by Crippen LogP contribution is 2.66. The highest BCUT2D eigenvalue weighted by atomic mass is 31.3. The van der Waals surface area contributed by atoms with E-state index in [0.29, 0.717) is 6.42 Å². The van der Waals surface area contributed by atoms with Gasteiger partial charge in [0.25, 0.3) is 0 Å². The van der Waals surface area contributed by atoms with E-state index in [2.05, 4.69) is 13.1 Å². The van der Waals surface area contributed by atoms with Crippen molar-refractivity contribution in [3.8, 4) is 0 Å². The summed E-state index contributed by atoms with van der Waals surface area (Å²) in [4.78, 5) is 35.0. The molecule has 0 aromatic rings. The molecule has 3 unspecified atom stereocenters. The van der Waals surface area contributed by atoms with Crippen LogP contribution in [0.15, 0.2) is 0 Å². The van der Waals surface area contributed by atoms with Crippen LogP contribution in [-0.2, 0) is 31.6 Å². The first-order chi connectivity index (χ1) is 9.84. The lowest BCUT2D eigenvalue weighted by Gasteiger charge is -2.20. The molecule has 16 heteroatoms. The van der Waals surface area contributed by atoms with Crippen LogP contribution in [0.5, 0.6) is 0 Å².